The molecule has 24 heavy (non-hydrogen) atoms. The first-order valence-electron chi connectivity index (χ1n) is 8.50. The van der Waals surface area contributed by atoms with Crippen molar-refractivity contribution in [3.8, 4) is 0 Å². The molecule has 7 nitrogen and oxygen atoms in total. The van der Waals surface area contributed by atoms with Crippen LogP contribution in [0.5, 0.6) is 0 Å². The van der Waals surface area contributed by atoms with Gasteiger partial charge in [-0.15, -0.1) is 24.0 Å². The van der Waals surface area contributed by atoms with Crippen LogP contribution in [0.2, 0.25) is 0 Å². The molecule has 0 radical (unpaired) electrons. The van der Waals surface area contributed by atoms with Crippen molar-refractivity contribution in [1.29, 1.82) is 0 Å². The van der Waals surface area contributed by atoms with Crippen LogP contribution >= 0.6 is 24.0 Å². The van der Waals surface area contributed by atoms with E-state index in [9.17, 15) is 4.79 Å². The summed E-state index contributed by atoms with van der Waals surface area (Å²) >= 11 is 0. The molecular weight excluding hydrogens is 425 g/mol. The van der Waals surface area contributed by atoms with Crippen molar-refractivity contribution < 1.29 is 19.0 Å². The maximum absolute atomic E-state index is 11.1. The van der Waals surface area contributed by atoms with Gasteiger partial charge in [-0.25, -0.2) is 0 Å². The van der Waals surface area contributed by atoms with E-state index in [1.54, 1.807) is 7.05 Å². The molecule has 0 spiro atoms. The molecule has 0 aromatic heterocycles. The van der Waals surface area contributed by atoms with Gasteiger partial charge in [0.1, 0.15) is 6.10 Å². The molecule has 1 N–H and O–H groups in total. The Balaban J connectivity index is 0.00000288. The van der Waals surface area contributed by atoms with E-state index in [4.69, 9.17) is 9.47 Å². The minimum Gasteiger partial charge on any atom is -0.469 e. The molecule has 2 atom stereocenters. The highest BCUT2D eigenvalue weighted by Gasteiger charge is 2.32. The molecule has 0 saturated carbocycles. The van der Waals surface area contributed by atoms with E-state index >= 15 is 0 Å². The molecule has 0 amide bonds. The van der Waals surface area contributed by atoms with Gasteiger partial charge in [-0.2, -0.15) is 0 Å². The summed E-state index contributed by atoms with van der Waals surface area (Å²) in [5.41, 5.74) is 0. The first kappa shape index (κ1) is 21.4. The van der Waals surface area contributed by atoms with Gasteiger partial charge in [-0.3, -0.25) is 9.79 Å². The van der Waals surface area contributed by atoms with Crippen molar-refractivity contribution in [2.45, 2.75) is 44.3 Å². The fourth-order valence-electron chi connectivity index (χ4n) is 3.02. The fourth-order valence-corrected chi connectivity index (χ4v) is 3.02. The van der Waals surface area contributed by atoms with Crippen LogP contribution in [0.15, 0.2) is 4.99 Å². The molecule has 2 rings (SSSR count). The highest BCUT2D eigenvalue weighted by molar-refractivity contribution is 14.0. The summed E-state index contributed by atoms with van der Waals surface area (Å²) < 4.78 is 16.2. The lowest BCUT2D eigenvalue weighted by Gasteiger charge is -2.37. The van der Waals surface area contributed by atoms with Crippen LogP contribution in [-0.2, 0) is 19.0 Å². The number of esters is 1. The van der Waals surface area contributed by atoms with Crippen molar-refractivity contribution >= 4 is 35.9 Å². The lowest BCUT2D eigenvalue weighted by Crippen LogP contribution is -2.53. The molecule has 140 valence electrons. The molecule has 0 bridgehead atoms. The van der Waals surface area contributed by atoms with Gasteiger partial charge in [-0.1, -0.05) is 0 Å². The summed E-state index contributed by atoms with van der Waals surface area (Å²) in [5, 5.41) is 3.37. The molecule has 0 aromatic rings. The maximum atomic E-state index is 11.1. The normalized spacial score (nSPS) is 24.4. The van der Waals surface area contributed by atoms with Gasteiger partial charge in [0, 0.05) is 39.7 Å². The number of nitrogens with one attached hydrogen (secondary N) is 1. The Bertz CT molecular complexity index is 403. The van der Waals surface area contributed by atoms with Crippen LogP contribution < -0.4 is 5.32 Å². The minimum absolute atomic E-state index is 0. The number of methoxy groups -OCH3 is 1. The Kier molecular flexibility index (Phi) is 10.6. The number of rotatable bonds is 6. The van der Waals surface area contributed by atoms with Gasteiger partial charge in [0.15, 0.2) is 5.96 Å². The van der Waals surface area contributed by atoms with Crippen LogP contribution in [0.3, 0.4) is 0 Å². The number of hydrogen-bond donors (Lipinski definition) is 1. The van der Waals surface area contributed by atoms with Gasteiger partial charge in [0.25, 0.3) is 0 Å². The number of aliphatic imine (C=N–C) groups is 1. The average molecular weight is 455 g/mol. The van der Waals surface area contributed by atoms with E-state index in [2.05, 4.69) is 19.9 Å². The first-order chi connectivity index (χ1) is 11.2. The van der Waals surface area contributed by atoms with Gasteiger partial charge < -0.3 is 24.4 Å². The van der Waals surface area contributed by atoms with Gasteiger partial charge in [0.05, 0.1) is 19.8 Å². The van der Waals surface area contributed by atoms with Gasteiger partial charge in [-0.05, 0) is 25.7 Å². The number of unbranched alkanes of at least 4 members (excludes halogenated alkanes) is 1. The summed E-state index contributed by atoms with van der Waals surface area (Å²) in [5.74, 6) is 0.747. The molecular formula is C16H30IN3O4. The molecule has 2 aliphatic rings. The summed E-state index contributed by atoms with van der Waals surface area (Å²) in [6, 6.07) is 0. The zero-order valence-electron chi connectivity index (χ0n) is 14.7. The van der Waals surface area contributed by atoms with E-state index in [0.717, 1.165) is 57.9 Å². The molecule has 2 fully saturated rings. The zero-order chi connectivity index (χ0) is 16.5. The Morgan fingerprint density at radius 1 is 1.29 bits per heavy atom. The summed E-state index contributed by atoms with van der Waals surface area (Å²) in [6.07, 6.45) is 4.75. The molecule has 0 aliphatic carbocycles. The first-order valence-corrected chi connectivity index (χ1v) is 8.50. The highest BCUT2D eigenvalue weighted by Crippen LogP contribution is 2.20. The second kappa shape index (κ2) is 11.9. The molecule has 2 aliphatic heterocycles. The second-order valence-corrected chi connectivity index (χ2v) is 5.91. The number of hydrogen-bond acceptors (Lipinski definition) is 5. The highest BCUT2D eigenvalue weighted by atomic mass is 127. The van der Waals surface area contributed by atoms with Crippen LogP contribution in [-0.4, -0.2) is 76.0 Å². The maximum Gasteiger partial charge on any atom is 0.305 e. The topological polar surface area (TPSA) is 72.4 Å². The molecule has 2 heterocycles. The Morgan fingerprint density at radius 2 is 2.08 bits per heavy atom. The predicted octanol–water partition coefficient (Wildman–Crippen LogP) is 1.40. The second-order valence-electron chi connectivity index (χ2n) is 5.91. The largest absolute Gasteiger partial charge is 0.469 e. The Hall–Kier alpha value is -0.610. The Labute approximate surface area is 161 Å². The molecule has 0 aromatic carbocycles. The van der Waals surface area contributed by atoms with Crippen LogP contribution in [0.25, 0.3) is 0 Å². The average Bonchev–Trinajstić information content (AvgIpc) is 3.12. The third-order valence-electron chi connectivity index (χ3n) is 4.30. The molecule has 2 unspecified atom stereocenters. The van der Waals surface area contributed by atoms with Crippen LogP contribution in [0.1, 0.15) is 32.1 Å². The number of ether oxygens (including phenoxy) is 3. The number of guanidine groups is 1. The standard InChI is InChI=1S/C16H29N3O4.HI/c1-17-16(18-8-4-3-7-15(20)21-2)19-9-11-23-14(12-19)13-6-5-10-22-13;/h13-14H,3-12H2,1-2H3,(H,17,18);1H. The SMILES string of the molecule is CN=C(NCCCCC(=O)OC)N1CCOC(C2CCCO2)C1.I. The minimum atomic E-state index is -0.151. The quantitative estimate of drug-likeness (QED) is 0.215. The summed E-state index contributed by atoms with van der Waals surface area (Å²) in [6.45, 7) is 3.99. The van der Waals surface area contributed by atoms with E-state index in [1.807, 2.05) is 0 Å². The third kappa shape index (κ3) is 6.72. The number of carbonyl (C=O) groups is 1. The van der Waals surface area contributed by atoms with Crippen molar-refractivity contribution in [3.05, 3.63) is 0 Å². The lowest BCUT2D eigenvalue weighted by molar-refractivity contribution is -0.140. The van der Waals surface area contributed by atoms with E-state index in [1.165, 1.54) is 7.11 Å². The smallest absolute Gasteiger partial charge is 0.305 e. The van der Waals surface area contributed by atoms with E-state index in [0.29, 0.717) is 13.0 Å². The van der Waals surface area contributed by atoms with Crippen molar-refractivity contribution in [3.63, 3.8) is 0 Å². The van der Waals surface area contributed by atoms with Crippen molar-refractivity contribution in [2.75, 3.05) is 47.0 Å². The number of carbonyl (C=O) groups excluding carboxylic acids is 1. The van der Waals surface area contributed by atoms with Gasteiger partial charge in [0.2, 0.25) is 0 Å². The summed E-state index contributed by atoms with van der Waals surface area (Å²) in [7, 11) is 3.22. The number of halogens is 1. The van der Waals surface area contributed by atoms with Crippen LogP contribution in [0, 0.1) is 0 Å². The molecule has 2 saturated heterocycles. The zero-order valence-corrected chi connectivity index (χ0v) is 17.0. The van der Waals surface area contributed by atoms with E-state index < -0.39 is 0 Å². The third-order valence-corrected chi connectivity index (χ3v) is 4.30. The predicted molar refractivity (Wildman–Crippen MR) is 103 cm³/mol. The summed E-state index contributed by atoms with van der Waals surface area (Å²) in [4.78, 5) is 17.7. The Morgan fingerprint density at radius 3 is 2.75 bits per heavy atom. The van der Waals surface area contributed by atoms with Crippen molar-refractivity contribution in [1.82, 2.24) is 10.2 Å². The number of nitrogens with zero attached hydrogens (tertiary/aromatic N) is 2. The lowest BCUT2D eigenvalue weighted by atomic mass is 10.1. The fraction of sp³-hybridized carbons (Fsp3) is 0.875. The number of morpholine rings is 1. The van der Waals surface area contributed by atoms with Crippen molar-refractivity contribution in [2.24, 2.45) is 4.99 Å². The molecule has 8 heteroatoms. The van der Waals surface area contributed by atoms with Gasteiger partial charge >= 0.3 is 5.97 Å². The van der Waals surface area contributed by atoms with E-state index in [-0.39, 0.29) is 42.2 Å². The monoisotopic (exact) mass is 455 g/mol. The van der Waals surface area contributed by atoms with Crippen LogP contribution in [0.4, 0.5) is 0 Å².